The minimum atomic E-state index is -0.895. The van der Waals surface area contributed by atoms with E-state index in [0.717, 1.165) is 42.5 Å². The molecule has 8 rings (SSSR count). The van der Waals surface area contributed by atoms with Crippen molar-refractivity contribution in [3.05, 3.63) is 243 Å². The SMILES string of the molecule is CCC.Cc1cc(N=Nc2cccc([N+](=O)[O-])c2)cc(Cc2cc(N=Nc3cc([N+](=O)[O-])cc([N+](=O)[O-])c3)cc(Cc3cc(N=Nc4cc([N+](=O)[O-])cc([N+](=O)[O-])c4)cc(Cc4cc(N=Nc5cc([N+](=O)[O-])cc([N+](=O)[O-])c5)cc(C)c4O)c3O)c2O)c1O. The molecule has 0 radical (unpaired) electrons. The third kappa shape index (κ3) is 16.3. The summed E-state index contributed by atoms with van der Waals surface area (Å²) < 4.78 is 0. The molecule has 33 heteroatoms. The number of hydrogen-bond acceptors (Lipinski definition) is 26. The summed E-state index contributed by atoms with van der Waals surface area (Å²) in [6.45, 7) is 7.25. The van der Waals surface area contributed by atoms with Crippen LogP contribution in [0, 0.1) is 84.6 Å². The summed E-state index contributed by atoms with van der Waals surface area (Å²) in [7, 11) is 0. The van der Waals surface area contributed by atoms with Gasteiger partial charge in [0, 0.05) is 101 Å². The number of aryl methyl sites for hydroxylation is 2. The van der Waals surface area contributed by atoms with E-state index in [0.29, 0.717) is 12.1 Å². The molecule has 0 aromatic heterocycles. The van der Waals surface area contributed by atoms with Crippen molar-refractivity contribution in [3.63, 3.8) is 0 Å². The minimum absolute atomic E-state index is 0.00198. The standard InChI is InChI=1S/C53H37N15O18.C3H8/c1-27-6-36(55-54-35-4-3-5-43(17-35)62(73)74)11-29(50(27)69)8-31-13-38(57-60-41-20-46(65(79)80)25-47(21-41)66(81)82)15-33(52(31)71)10-34-16-39(58-61-42-22-48(67(83)84)26-49(23-42)68(85)86)14-32(53(34)72)9-30-12-37(7-28(2)51(30)70)56-59-40-18-44(63(75)76)24-45(19-40)64(77)78;1-3-2/h3-7,11-26,69-72H,8-10H2,1-2H3;3H2,1-2H3. The van der Waals surface area contributed by atoms with E-state index in [9.17, 15) is 91.2 Å². The summed E-state index contributed by atoms with van der Waals surface area (Å²) >= 11 is 0. The van der Waals surface area contributed by atoms with Gasteiger partial charge in [-0.05, 0) is 79.6 Å². The van der Waals surface area contributed by atoms with Gasteiger partial charge in [-0.3, -0.25) is 70.8 Å². The van der Waals surface area contributed by atoms with E-state index in [1.165, 1.54) is 93.1 Å². The minimum Gasteiger partial charge on any atom is -0.507 e. The van der Waals surface area contributed by atoms with Crippen molar-refractivity contribution in [2.24, 2.45) is 40.9 Å². The molecule has 0 aliphatic rings. The van der Waals surface area contributed by atoms with E-state index < -0.39 is 92.9 Å². The molecule has 0 spiro atoms. The molecule has 0 fully saturated rings. The molecule has 0 saturated heterocycles. The molecular weight excluding hydrogens is 1170 g/mol. The van der Waals surface area contributed by atoms with Crippen molar-refractivity contribution < 1.29 is 54.9 Å². The third-order valence-corrected chi connectivity index (χ3v) is 12.5. The zero-order valence-corrected chi connectivity index (χ0v) is 46.7. The smallest absolute Gasteiger partial charge is 0.278 e. The predicted octanol–water partition coefficient (Wildman–Crippen LogP) is 16.3. The topological polar surface area (TPSA) is 482 Å². The van der Waals surface area contributed by atoms with Crippen molar-refractivity contribution in [3.8, 4) is 23.0 Å². The Morgan fingerprint density at radius 1 is 0.292 bits per heavy atom. The molecular formula is C56H45N15O18. The number of hydrogen-bond donors (Lipinski definition) is 4. The van der Waals surface area contributed by atoms with Crippen molar-refractivity contribution in [1.29, 1.82) is 0 Å². The highest BCUT2D eigenvalue weighted by atomic mass is 16.7. The van der Waals surface area contributed by atoms with Gasteiger partial charge in [0.05, 0.1) is 98.2 Å². The third-order valence-electron chi connectivity index (χ3n) is 12.5. The summed E-state index contributed by atoms with van der Waals surface area (Å²) in [4.78, 5) is 75.5. The average Bonchev–Trinajstić information content (AvgIpc) is 3.68. The maximum Gasteiger partial charge on any atom is 0.278 e. The summed E-state index contributed by atoms with van der Waals surface area (Å²) in [5.74, 6) is -1.63. The highest BCUT2D eigenvalue weighted by Gasteiger charge is 2.23. The van der Waals surface area contributed by atoms with Gasteiger partial charge in [0.1, 0.15) is 23.0 Å². The molecule has 4 N–H and O–H groups in total. The number of benzene rings is 8. The number of nitro groups is 7. The van der Waals surface area contributed by atoms with E-state index in [1.54, 1.807) is 0 Å². The van der Waals surface area contributed by atoms with Crippen LogP contribution in [-0.2, 0) is 19.3 Å². The lowest BCUT2D eigenvalue weighted by atomic mass is 9.93. The first-order valence-corrected chi connectivity index (χ1v) is 25.8. The van der Waals surface area contributed by atoms with E-state index in [1.807, 2.05) is 0 Å². The van der Waals surface area contributed by atoms with Crippen molar-refractivity contribution in [1.82, 2.24) is 0 Å². The zero-order chi connectivity index (χ0) is 65.0. The van der Waals surface area contributed by atoms with Gasteiger partial charge in [-0.1, -0.05) is 26.3 Å². The Kier molecular flexibility index (Phi) is 19.8. The maximum absolute atomic E-state index is 12.2. The second-order valence-corrected chi connectivity index (χ2v) is 19.2. The molecule has 0 heterocycles. The molecule has 0 aliphatic carbocycles. The van der Waals surface area contributed by atoms with Gasteiger partial charge in [-0.25, -0.2) is 0 Å². The fourth-order valence-corrected chi connectivity index (χ4v) is 8.48. The van der Waals surface area contributed by atoms with Gasteiger partial charge in [0.25, 0.3) is 39.8 Å². The number of nitro benzene ring substituents is 7. The van der Waals surface area contributed by atoms with Gasteiger partial charge in [-0.2, -0.15) is 40.9 Å². The first-order valence-electron chi connectivity index (χ1n) is 25.8. The van der Waals surface area contributed by atoms with Crippen LogP contribution in [0.1, 0.15) is 64.8 Å². The number of aromatic hydroxyl groups is 4. The van der Waals surface area contributed by atoms with E-state index in [-0.39, 0.29) is 114 Å². The highest BCUT2D eigenvalue weighted by molar-refractivity contribution is 5.64. The van der Waals surface area contributed by atoms with Gasteiger partial charge >= 0.3 is 0 Å². The van der Waals surface area contributed by atoms with E-state index >= 15 is 0 Å². The summed E-state index contributed by atoms with van der Waals surface area (Å²) in [5, 5.41) is 161. The number of non-ortho nitro benzene ring substituents is 7. The summed E-state index contributed by atoms with van der Waals surface area (Å²) in [6.07, 6.45) is 0.0473. The van der Waals surface area contributed by atoms with Crippen LogP contribution in [0.4, 0.5) is 85.3 Å². The lowest BCUT2D eigenvalue weighted by molar-refractivity contribution is -0.394. The van der Waals surface area contributed by atoms with Crippen molar-refractivity contribution >= 4 is 85.3 Å². The molecule has 0 atom stereocenters. The Hall–Kier alpha value is -12.8. The summed E-state index contributed by atoms with van der Waals surface area (Å²) in [5.41, 5.74) is -4.91. The fourth-order valence-electron chi connectivity index (χ4n) is 8.48. The maximum atomic E-state index is 12.2. The molecule has 0 saturated carbocycles. The van der Waals surface area contributed by atoms with Gasteiger partial charge in [0.2, 0.25) is 0 Å². The van der Waals surface area contributed by atoms with Crippen LogP contribution in [0.25, 0.3) is 0 Å². The lowest BCUT2D eigenvalue weighted by Gasteiger charge is -2.16. The largest absolute Gasteiger partial charge is 0.507 e. The molecule has 0 amide bonds. The number of nitrogens with zero attached hydrogens (tertiary/aromatic N) is 15. The van der Waals surface area contributed by atoms with Gasteiger partial charge < -0.3 is 20.4 Å². The first kappa shape index (κ1) is 63.7. The first-order chi connectivity index (χ1) is 42.2. The van der Waals surface area contributed by atoms with Gasteiger partial charge in [0.15, 0.2) is 0 Å². The van der Waals surface area contributed by atoms with Crippen molar-refractivity contribution in [2.75, 3.05) is 0 Å². The molecule has 33 nitrogen and oxygen atoms in total. The molecule has 452 valence electrons. The Morgan fingerprint density at radius 2 is 0.494 bits per heavy atom. The lowest BCUT2D eigenvalue weighted by Crippen LogP contribution is -1.99. The second-order valence-electron chi connectivity index (χ2n) is 19.2. The highest BCUT2D eigenvalue weighted by Crippen LogP contribution is 2.42. The molecule has 0 unspecified atom stereocenters. The monoisotopic (exact) mass is 1220 g/mol. The van der Waals surface area contributed by atoms with Crippen LogP contribution in [0.5, 0.6) is 23.0 Å². The number of rotatable bonds is 21. The van der Waals surface area contributed by atoms with Crippen LogP contribution >= 0.6 is 0 Å². The van der Waals surface area contributed by atoms with Crippen molar-refractivity contribution in [2.45, 2.75) is 53.4 Å². The molecule has 8 aromatic carbocycles. The van der Waals surface area contributed by atoms with E-state index in [2.05, 4.69) is 54.8 Å². The van der Waals surface area contributed by atoms with E-state index in [4.69, 9.17) is 0 Å². The van der Waals surface area contributed by atoms with Crippen LogP contribution in [0.15, 0.2) is 168 Å². The molecule has 0 aliphatic heterocycles. The Balaban J connectivity index is 0.00000368. The summed E-state index contributed by atoms with van der Waals surface area (Å²) in [6, 6.07) is 23.5. The van der Waals surface area contributed by atoms with Crippen LogP contribution in [0.3, 0.4) is 0 Å². The predicted molar refractivity (Wildman–Crippen MR) is 315 cm³/mol. The quantitative estimate of drug-likeness (QED) is 0.0295. The number of phenols is 4. The fraction of sp³-hybridized carbons (Fsp3) is 0.143. The molecule has 0 bridgehead atoms. The normalized spacial score (nSPS) is 11.3. The molecule has 89 heavy (non-hydrogen) atoms. The van der Waals surface area contributed by atoms with Gasteiger partial charge in [-0.15, -0.1) is 0 Å². The number of phenolic OH excluding ortho intramolecular Hbond substituents is 4. The second kappa shape index (κ2) is 27.7. The molecule has 8 aromatic rings. The number of azo groups is 4. The Labute approximate surface area is 498 Å². The van der Waals surface area contributed by atoms with Crippen LogP contribution in [-0.4, -0.2) is 54.9 Å². The van der Waals surface area contributed by atoms with Crippen LogP contribution < -0.4 is 0 Å². The Bertz CT molecular complexity index is 4250. The Morgan fingerprint density at radius 3 is 0.742 bits per heavy atom. The zero-order valence-electron chi connectivity index (χ0n) is 46.7. The average molecular weight is 1220 g/mol. The van der Waals surface area contributed by atoms with Crippen LogP contribution in [0.2, 0.25) is 0 Å².